The number of hydrogen-bond donors (Lipinski definition) is 2. The van der Waals surface area contributed by atoms with Crippen molar-refractivity contribution >= 4 is 17.5 Å². The summed E-state index contributed by atoms with van der Waals surface area (Å²) in [6.07, 6.45) is 2.98. The molecule has 0 aliphatic rings. The third-order valence-corrected chi connectivity index (χ3v) is 5.08. The van der Waals surface area contributed by atoms with E-state index in [-0.39, 0.29) is 11.8 Å². The number of hydrogen-bond acceptors (Lipinski definition) is 4. The molecule has 2 amide bonds. The van der Waals surface area contributed by atoms with Gasteiger partial charge in [0, 0.05) is 25.1 Å². The van der Waals surface area contributed by atoms with Crippen molar-refractivity contribution in [2.45, 2.75) is 33.9 Å². The molecule has 0 saturated heterocycles. The van der Waals surface area contributed by atoms with Gasteiger partial charge in [-0.2, -0.15) is 5.10 Å². The van der Waals surface area contributed by atoms with E-state index in [0.29, 0.717) is 24.6 Å². The smallest absolute Gasteiger partial charge is 0.244 e. The van der Waals surface area contributed by atoms with E-state index in [2.05, 4.69) is 21.9 Å². The first-order chi connectivity index (χ1) is 16.4. The number of carbonyl (C=O) groups is 2. The van der Waals surface area contributed by atoms with Crippen molar-refractivity contribution in [2.75, 3.05) is 0 Å². The van der Waals surface area contributed by atoms with Crippen LogP contribution >= 0.6 is 0 Å². The number of rotatable bonds is 9. The molecule has 0 unspecified atom stereocenters. The van der Waals surface area contributed by atoms with Crippen LogP contribution in [0.1, 0.15) is 34.7 Å². The number of nitrogens with zero attached hydrogens (tertiary/aromatic N) is 1. The number of aryl methyl sites for hydroxylation is 2. The summed E-state index contributed by atoms with van der Waals surface area (Å²) in [5.41, 5.74) is 8.07. The van der Waals surface area contributed by atoms with Gasteiger partial charge in [-0.1, -0.05) is 54.1 Å². The Balaban J connectivity index is 1.64. The van der Waals surface area contributed by atoms with Gasteiger partial charge < -0.3 is 10.1 Å². The van der Waals surface area contributed by atoms with Gasteiger partial charge in [-0.05, 0) is 60.9 Å². The van der Waals surface area contributed by atoms with E-state index in [1.807, 2.05) is 80.6 Å². The van der Waals surface area contributed by atoms with Crippen LogP contribution in [0.15, 0.2) is 90.0 Å². The van der Waals surface area contributed by atoms with E-state index in [1.54, 1.807) is 6.08 Å². The Morgan fingerprint density at radius 1 is 0.941 bits per heavy atom. The summed E-state index contributed by atoms with van der Waals surface area (Å²) in [5.74, 6) is 0.160. The van der Waals surface area contributed by atoms with Crippen molar-refractivity contribution in [3.63, 3.8) is 0 Å². The fourth-order valence-electron chi connectivity index (χ4n) is 3.24. The number of nitrogens with one attached hydrogen (secondary N) is 2. The molecule has 0 aromatic heterocycles. The lowest BCUT2D eigenvalue weighted by Crippen LogP contribution is -2.21. The normalized spacial score (nSPS) is 11.3. The van der Waals surface area contributed by atoms with Crippen LogP contribution in [-0.2, 0) is 22.7 Å². The van der Waals surface area contributed by atoms with E-state index in [9.17, 15) is 9.59 Å². The van der Waals surface area contributed by atoms with Crippen LogP contribution in [0.4, 0.5) is 0 Å². The van der Waals surface area contributed by atoms with E-state index in [1.165, 1.54) is 18.6 Å². The summed E-state index contributed by atoms with van der Waals surface area (Å²) >= 11 is 0. The maximum atomic E-state index is 12.4. The highest BCUT2D eigenvalue weighted by molar-refractivity contribution is 6.11. The molecule has 0 spiro atoms. The number of amides is 2. The molecule has 0 radical (unpaired) electrons. The van der Waals surface area contributed by atoms with Crippen molar-refractivity contribution in [1.29, 1.82) is 0 Å². The quantitative estimate of drug-likeness (QED) is 0.281. The average molecular weight is 456 g/mol. The number of carbonyl (C=O) groups excluding carboxylic acids is 2. The number of allylic oxidation sites excluding steroid dienone is 1. The lowest BCUT2D eigenvalue weighted by atomic mass is 10.1. The number of hydrazone groups is 1. The van der Waals surface area contributed by atoms with Gasteiger partial charge in [0.2, 0.25) is 11.8 Å². The SMILES string of the molecule is CC(=O)N/N=C(\C=C\C(=O)NCc1ccc(C)cc1C)c1ccc(OCc2ccccc2)cc1. The van der Waals surface area contributed by atoms with Gasteiger partial charge in [0.25, 0.3) is 0 Å². The Morgan fingerprint density at radius 2 is 1.68 bits per heavy atom. The van der Waals surface area contributed by atoms with Crippen LogP contribution in [-0.4, -0.2) is 17.5 Å². The van der Waals surface area contributed by atoms with Gasteiger partial charge in [0.15, 0.2) is 0 Å². The summed E-state index contributed by atoms with van der Waals surface area (Å²) in [7, 11) is 0. The monoisotopic (exact) mass is 455 g/mol. The molecule has 2 N–H and O–H groups in total. The largest absolute Gasteiger partial charge is 0.489 e. The van der Waals surface area contributed by atoms with Gasteiger partial charge >= 0.3 is 0 Å². The first kappa shape index (κ1) is 24.5. The fraction of sp³-hybridized carbons (Fsp3) is 0.179. The Morgan fingerprint density at radius 3 is 2.35 bits per heavy atom. The first-order valence-electron chi connectivity index (χ1n) is 11.0. The van der Waals surface area contributed by atoms with Crippen molar-refractivity contribution in [3.8, 4) is 5.75 Å². The molecular formula is C28H29N3O3. The Kier molecular flexibility index (Phi) is 8.74. The summed E-state index contributed by atoms with van der Waals surface area (Å²) in [5, 5.41) is 7.02. The zero-order valence-corrected chi connectivity index (χ0v) is 19.7. The van der Waals surface area contributed by atoms with E-state index < -0.39 is 0 Å². The lowest BCUT2D eigenvalue weighted by Gasteiger charge is -2.08. The summed E-state index contributed by atoms with van der Waals surface area (Å²) in [4.78, 5) is 23.7. The summed E-state index contributed by atoms with van der Waals surface area (Å²) in [6.45, 7) is 6.34. The Bertz CT molecular complexity index is 1180. The molecule has 3 rings (SSSR count). The second-order valence-electron chi connectivity index (χ2n) is 7.94. The van der Waals surface area contributed by atoms with Gasteiger partial charge in [-0.15, -0.1) is 0 Å². The van der Waals surface area contributed by atoms with E-state index >= 15 is 0 Å². The van der Waals surface area contributed by atoms with Gasteiger partial charge in [0.1, 0.15) is 12.4 Å². The van der Waals surface area contributed by atoms with Gasteiger partial charge in [-0.3, -0.25) is 9.59 Å². The van der Waals surface area contributed by atoms with Crippen molar-refractivity contribution in [3.05, 3.63) is 113 Å². The molecule has 0 bridgehead atoms. The van der Waals surface area contributed by atoms with Crippen LogP contribution in [0, 0.1) is 13.8 Å². The topological polar surface area (TPSA) is 79.8 Å². The minimum Gasteiger partial charge on any atom is -0.489 e. The minimum atomic E-state index is -0.298. The molecule has 0 aliphatic carbocycles. The van der Waals surface area contributed by atoms with E-state index in [4.69, 9.17) is 4.74 Å². The molecule has 0 aliphatic heterocycles. The average Bonchev–Trinajstić information content (AvgIpc) is 2.83. The summed E-state index contributed by atoms with van der Waals surface area (Å²) in [6, 6.07) is 23.4. The molecule has 3 aromatic rings. The van der Waals surface area contributed by atoms with Crippen LogP contribution in [0.5, 0.6) is 5.75 Å². The van der Waals surface area contributed by atoms with E-state index in [0.717, 1.165) is 22.3 Å². The molecule has 34 heavy (non-hydrogen) atoms. The summed E-state index contributed by atoms with van der Waals surface area (Å²) < 4.78 is 5.82. The van der Waals surface area contributed by atoms with Crippen molar-refractivity contribution in [1.82, 2.24) is 10.7 Å². The molecule has 0 fully saturated rings. The van der Waals surface area contributed by atoms with Gasteiger partial charge in [0.05, 0.1) is 5.71 Å². The van der Waals surface area contributed by atoms with Crippen LogP contribution < -0.4 is 15.5 Å². The molecule has 174 valence electrons. The molecule has 0 saturated carbocycles. The number of ether oxygens (including phenoxy) is 1. The van der Waals surface area contributed by atoms with Crippen LogP contribution in [0.2, 0.25) is 0 Å². The molecule has 3 aromatic carbocycles. The predicted octanol–water partition coefficient (Wildman–Crippen LogP) is 4.60. The van der Waals surface area contributed by atoms with Crippen LogP contribution in [0.3, 0.4) is 0 Å². The lowest BCUT2D eigenvalue weighted by molar-refractivity contribution is -0.119. The van der Waals surface area contributed by atoms with Gasteiger partial charge in [-0.25, -0.2) is 5.43 Å². The zero-order chi connectivity index (χ0) is 24.3. The highest BCUT2D eigenvalue weighted by atomic mass is 16.5. The highest BCUT2D eigenvalue weighted by Crippen LogP contribution is 2.15. The van der Waals surface area contributed by atoms with Crippen molar-refractivity contribution < 1.29 is 14.3 Å². The molecule has 6 heteroatoms. The fourth-order valence-corrected chi connectivity index (χ4v) is 3.24. The maximum absolute atomic E-state index is 12.4. The molecule has 0 heterocycles. The predicted molar refractivity (Wildman–Crippen MR) is 134 cm³/mol. The standard InChI is InChI=1S/C28H29N3O3/c1-20-9-10-25(21(2)17-20)18-29-28(33)16-15-27(31-30-22(3)32)24-11-13-26(14-12-24)34-19-23-7-5-4-6-8-23/h4-17H,18-19H2,1-3H3,(H,29,33)(H,30,32)/b16-15+,31-27+. The second-order valence-corrected chi connectivity index (χ2v) is 7.94. The number of benzene rings is 3. The molecule has 0 atom stereocenters. The molecule has 6 nitrogen and oxygen atoms in total. The molecular weight excluding hydrogens is 426 g/mol. The first-order valence-corrected chi connectivity index (χ1v) is 11.0. The third-order valence-electron chi connectivity index (χ3n) is 5.08. The maximum Gasteiger partial charge on any atom is 0.244 e. The zero-order valence-electron chi connectivity index (χ0n) is 19.7. The third kappa shape index (κ3) is 7.74. The minimum absolute atomic E-state index is 0.252. The van der Waals surface area contributed by atoms with Crippen molar-refractivity contribution in [2.24, 2.45) is 5.10 Å². The highest BCUT2D eigenvalue weighted by Gasteiger charge is 2.05. The Hall–Kier alpha value is -4.19. The van der Waals surface area contributed by atoms with Crippen LogP contribution in [0.25, 0.3) is 0 Å². The Labute approximate surface area is 200 Å². The second kappa shape index (κ2) is 12.2.